The molecule has 0 radical (unpaired) electrons. The van der Waals surface area contributed by atoms with E-state index >= 15 is 0 Å². The molecule has 0 spiro atoms. The summed E-state index contributed by atoms with van der Waals surface area (Å²) in [5, 5.41) is 0. The minimum atomic E-state index is -0.723. The van der Waals surface area contributed by atoms with Crippen molar-refractivity contribution in [2.45, 2.75) is 26.8 Å². The molecule has 0 amide bonds. The lowest BCUT2D eigenvalue weighted by Gasteiger charge is -2.25. The fourth-order valence-corrected chi connectivity index (χ4v) is 5.31. The standard InChI is InChI=1S/C28H31N3O5S/c1-7-35-22-16-19(11-14-21(22)34-6)25-24(27(33)36-8-2)17(3)29-28-31(25)26(32)23(37-28)15-18-9-12-20(13-10-18)30(4)5/h9-16,25H,7-8H2,1-6H3/t25-/m1/s1. The molecule has 0 saturated carbocycles. The van der Waals surface area contributed by atoms with Gasteiger partial charge in [-0.05, 0) is 62.2 Å². The summed E-state index contributed by atoms with van der Waals surface area (Å²) >= 11 is 1.29. The Balaban J connectivity index is 1.92. The van der Waals surface area contributed by atoms with E-state index in [0.717, 1.165) is 11.3 Å². The molecule has 2 heterocycles. The van der Waals surface area contributed by atoms with Crippen molar-refractivity contribution >= 4 is 29.1 Å². The summed E-state index contributed by atoms with van der Waals surface area (Å²) in [6, 6.07) is 12.6. The van der Waals surface area contributed by atoms with Crippen molar-refractivity contribution in [3.05, 3.63) is 84.5 Å². The minimum absolute atomic E-state index is 0.211. The average Bonchev–Trinajstić information content (AvgIpc) is 3.18. The van der Waals surface area contributed by atoms with Crippen LogP contribution in [0.2, 0.25) is 0 Å². The van der Waals surface area contributed by atoms with Crippen LogP contribution < -0.4 is 29.3 Å². The number of ether oxygens (including phenoxy) is 3. The molecule has 0 N–H and O–H groups in total. The van der Waals surface area contributed by atoms with Gasteiger partial charge >= 0.3 is 5.97 Å². The second-order valence-electron chi connectivity index (χ2n) is 8.63. The molecule has 1 aromatic heterocycles. The molecule has 3 aromatic rings. The van der Waals surface area contributed by atoms with Crippen LogP contribution in [-0.4, -0.2) is 45.0 Å². The molecule has 1 atom stereocenters. The largest absolute Gasteiger partial charge is 0.493 e. The highest BCUT2D eigenvalue weighted by Gasteiger charge is 2.34. The number of thiazole rings is 1. The predicted octanol–water partition coefficient (Wildman–Crippen LogP) is 3.27. The first kappa shape index (κ1) is 26.2. The van der Waals surface area contributed by atoms with Crippen LogP contribution in [0.1, 0.15) is 37.9 Å². The Morgan fingerprint density at radius 3 is 2.46 bits per heavy atom. The van der Waals surface area contributed by atoms with Gasteiger partial charge in [0, 0.05) is 19.8 Å². The van der Waals surface area contributed by atoms with Gasteiger partial charge in [-0.15, -0.1) is 0 Å². The first-order valence-corrected chi connectivity index (χ1v) is 12.9. The first-order chi connectivity index (χ1) is 17.8. The summed E-state index contributed by atoms with van der Waals surface area (Å²) in [7, 11) is 5.53. The Labute approximate surface area is 219 Å². The summed E-state index contributed by atoms with van der Waals surface area (Å²) in [6.07, 6.45) is 1.85. The van der Waals surface area contributed by atoms with Gasteiger partial charge in [-0.1, -0.05) is 29.5 Å². The van der Waals surface area contributed by atoms with Crippen molar-refractivity contribution in [1.29, 1.82) is 0 Å². The molecule has 2 aromatic carbocycles. The number of nitrogens with zero attached hydrogens (tertiary/aromatic N) is 3. The van der Waals surface area contributed by atoms with Gasteiger partial charge in [0.05, 0.1) is 42.2 Å². The predicted molar refractivity (Wildman–Crippen MR) is 145 cm³/mol. The molecule has 9 heteroatoms. The fourth-order valence-electron chi connectivity index (χ4n) is 4.26. The number of benzene rings is 2. The van der Waals surface area contributed by atoms with Crippen molar-refractivity contribution in [3.8, 4) is 11.5 Å². The SMILES string of the molecule is CCOC(=O)C1=C(C)N=c2sc(=Cc3ccc(N(C)C)cc3)c(=O)n2[C@@H]1c1ccc(OC)c(OCC)c1. The van der Waals surface area contributed by atoms with Crippen LogP contribution >= 0.6 is 11.3 Å². The molecule has 37 heavy (non-hydrogen) atoms. The van der Waals surface area contributed by atoms with E-state index in [1.165, 1.54) is 11.3 Å². The van der Waals surface area contributed by atoms with Crippen molar-refractivity contribution in [1.82, 2.24) is 4.57 Å². The lowest BCUT2D eigenvalue weighted by molar-refractivity contribution is -0.139. The van der Waals surface area contributed by atoms with E-state index < -0.39 is 12.0 Å². The van der Waals surface area contributed by atoms with E-state index in [-0.39, 0.29) is 12.2 Å². The van der Waals surface area contributed by atoms with Crippen LogP contribution in [0.3, 0.4) is 0 Å². The van der Waals surface area contributed by atoms with Gasteiger partial charge < -0.3 is 19.1 Å². The molecule has 4 rings (SSSR count). The number of carbonyl (C=O) groups is 1. The molecular formula is C28H31N3O5S. The fraction of sp³-hybridized carbons (Fsp3) is 0.321. The Morgan fingerprint density at radius 2 is 1.84 bits per heavy atom. The van der Waals surface area contributed by atoms with Crippen LogP contribution in [-0.2, 0) is 9.53 Å². The molecule has 0 saturated heterocycles. The molecule has 0 fully saturated rings. The maximum Gasteiger partial charge on any atom is 0.338 e. The number of aromatic nitrogens is 1. The number of rotatable bonds is 8. The number of hydrogen-bond acceptors (Lipinski definition) is 8. The highest BCUT2D eigenvalue weighted by Crippen LogP contribution is 2.36. The van der Waals surface area contributed by atoms with Gasteiger partial charge in [0.15, 0.2) is 16.3 Å². The number of fused-ring (bicyclic) bond motifs is 1. The molecule has 8 nitrogen and oxygen atoms in total. The van der Waals surface area contributed by atoms with Gasteiger partial charge in [0.25, 0.3) is 5.56 Å². The zero-order chi connectivity index (χ0) is 26.7. The maximum atomic E-state index is 13.8. The average molecular weight is 522 g/mol. The molecule has 0 bridgehead atoms. The normalized spacial score (nSPS) is 15.2. The molecule has 0 aliphatic carbocycles. The second-order valence-corrected chi connectivity index (χ2v) is 9.64. The summed E-state index contributed by atoms with van der Waals surface area (Å²) < 4.78 is 18.7. The van der Waals surface area contributed by atoms with Crippen LogP contribution in [0.5, 0.6) is 11.5 Å². The van der Waals surface area contributed by atoms with Crippen molar-refractivity contribution in [2.75, 3.05) is 39.3 Å². The third-order valence-electron chi connectivity index (χ3n) is 6.03. The van der Waals surface area contributed by atoms with Crippen LogP contribution in [0.4, 0.5) is 5.69 Å². The Morgan fingerprint density at radius 1 is 1.11 bits per heavy atom. The van der Waals surface area contributed by atoms with Gasteiger partial charge in [-0.25, -0.2) is 9.79 Å². The Bertz CT molecular complexity index is 1520. The van der Waals surface area contributed by atoms with E-state index in [0.29, 0.717) is 44.3 Å². The van der Waals surface area contributed by atoms with E-state index in [1.54, 1.807) is 31.6 Å². The summed E-state index contributed by atoms with van der Waals surface area (Å²) in [5.41, 5.74) is 3.27. The monoisotopic (exact) mass is 521 g/mol. The van der Waals surface area contributed by atoms with Gasteiger partial charge in [-0.2, -0.15) is 0 Å². The van der Waals surface area contributed by atoms with Crippen molar-refractivity contribution in [3.63, 3.8) is 0 Å². The van der Waals surface area contributed by atoms with Crippen LogP contribution in [0.25, 0.3) is 6.08 Å². The quantitative estimate of drug-likeness (QED) is 0.423. The summed E-state index contributed by atoms with van der Waals surface area (Å²) in [6.45, 7) is 6.05. The van der Waals surface area contributed by atoms with Gasteiger partial charge in [0.2, 0.25) is 0 Å². The summed E-state index contributed by atoms with van der Waals surface area (Å²) in [5.74, 6) is 0.595. The first-order valence-electron chi connectivity index (χ1n) is 12.1. The summed E-state index contributed by atoms with van der Waals surface area (Å²) in [4.78, 5) is 34.1. The second kappa shape index (κ2) is 11.0. The minimum Gasteiger partial charge on any atom is -0.493 e. The molecular weight excluding hydrogens is 490 g/mol. The van der Waals surface area contributed by atoms with E-state index in [4.69, 9.17) is 14.2 Å². The lowest BCUT2D eigenvalue weighted by Crippen LogP contribution is -2.40. The van der Waals surface area contributed by atoms with E-state index in [1.807, 2.05) is 68.4 Å². The zero-order valence-electron chi connectivity index (χ0n) is 21.9. The molecule has 1 aliphatic heterocycles. The third-order valence-corrected chi connectivity index (χ3v) is 7.01. The lowest BCUT2D eigenvalue weighted by atomic mass is 9.95. The van der Waals surface area contributed by atoms with Crippen LogP contribution in [0.15, 0.2) is 63.5 Å². The van der Waals surface area contributed by atoms with E-state index in [2.05, 4.69) is 4.99 Å². The van der Waals surface area contributed by atoms with Gasteiger partial charge in [0.1, 0.15) is 0 Å². The topological polar surface area (TPSA) is 82.4 Å². The zero-order valence-corrected chi connectivity index (χ0v) is 22.7. The number of esters is 1. The molecule has 1 aliphatic rings. The third kappa shape index (κ3) is 5.17. The highest BCUT2D eigenvalue weighted by molar-refractivity contribution is 7.07. The number of carbonyl (C=O) groups excluding carboxylic acids is 1. The van der Waals surface area contributed by atoms with E-state index in [9.17, 15) is 9.59 Å². The Hall–Kier alpha value is -3.85. The number of allylic oxidation sites excluding steroid dienone is 1. The van der Waals surface area contributed by atoms with Crippen molar-refractivity contribution in [2.24, 2.45) is 4.99 Å². The van der Waals surface area contributed by atoms with Crippen LogP contribution in [0, 0.1) is 0 Å². The number of methoxy groups -OCH3 is 1. The smallest absolute Gasteiger partial charge is 0.338 e. The molecule has 194 valence electrons. The molecule has 0 unspecified atom stereocenters. The number of hydrogen-bond donors (Lipinski definition) is 0. The van der Waals surface area contributed by atoms with Gasteiger partial charge in [-0.3, -0.25) is 9.36 Å². The Kier molecular flexibility index (Phi) is 7.83. The van der Waals surface area contributed by atoms with Crippen molar-refractivity contribution < 1.29 is 19.0 Å². The highest BCUT2D eigenvalue weighted by atomic mass is 32.1. The maximum absolute atomic E-state index is 13.8. The number of anilines is 1.